The van der Waals surface area contributed by atoms with Crippen molar-refractivity contribution in [1.82, 2.24) is 0 Å². The summed E-state index contributed by atoms with van der Waals surface area (Å²) in [7, 11) is 0. The molecule has 0 spiro atoms. The number of halogens is 1. The Morgan fingerprint density at radius 2 is 2.23 bits per heavy atom. The van der Waals surface area contributed by atoms with Gasteiger partial charge in [-0.15, -0.1) is 0 Å². The number of rotatable bonds is 2. The molecular formula is C10H9FO2. The van der Waals surface area contributed by atoms with Gasteiger partial charge < -0.3 is 5.11 Å². The zero-order chi connectivity index (χ0) is 9.84. The number of hydrogen-bond donors (Lipinski definition) is 1. The first kappa shape index (κ1) is 9.45. The lowest BCUT2D eigenvalue weighted by Gasteiger charge is -1.99. The molecule has 0 bridgehead atoms. The molecule has 0 heterocycles. The molecule has 0 fully saturated rings. The quantitative estimate of drug-likeness (QED) is 0.759. The van der Waals surface area contributed by atoms with Gasteiger partial charge in [-0.2, -0.15) is 0 Å². The Morgan fingerprint density at radius 3 is 2.77 bits per heavy atom. The van der Waals surface area contributed by atoms with Gasteiger partial charge in [0.1, 0.15) is 5.82 Å². The molecule has 68 valence electrons. The Kier molecular flexibility index (Phi) is 2.80. The van der Waals surface area contributed by atoms with Crippen LogP contribution >= 0.6 is 0 Å². The molecule has 0 unspecified atom stereocenters. The van der Waals surface area contributed by atoms with Crippen molar-refractivity contribution < 1.29 is 14.3 Å². The molecule has 0 radical (unpaired) electrons. The molecule has 2 nitrogen and oxygen atoms in total. The summed E-state index contributed by atoms with van der Waals surface area (Å²) in [5, 5.41) is 8.59. The second-order valence-electron chi connectivity index (χ2n) is 2.51. The van der Waals surface area contributed by atoms with Crippen molar-refractivity contribution in [2.45, 2.75) is 6.92 Å². The van der Waals surface area contributed by atoms with E-state index in [1.165, 1.54) is 24.3 Å². The normalized spacial score (nSPS) is 10.6. The van der Waals surface area contributed by atoms with Crippen LogP contribution in [0.5, 0.6) is 0 Å². The lowest BCUT2D eigenvalue weighted by Crippen LogP contribution is -2.01. The van der Waals surface area contributed by atoms with Crippen molar-refractivity contribution in [3.63, 3.8) is 0 Å². The molecule has 1 aromatic carbocycles. The van der Waals surface area contributed by atoms with Crippen molar-refractivity contribution in [2.75, 3.05) is 0 Å². The minimum atomic E-state index is -1.25. The third kappa shape index (κ3) is 1.93. The van der Waals surface area contributed by atoms with Gasteiger partial charge in [-0.25, -0.2) is 9.18 Å². The Morgan fingerprint density at radius 1 is 1.54 bits per heavy atom. The Hall–Kier alpha value is -1.64. The molecular weight excluding hydrogens is 171 g/mol. The Bertz CT molecular complexity index is 356. The van der Waals surface area contributed by atoms with Gasteiger partial charge in [0.05, 0.1) is 5.56 Å². The lowest BCUT2D eigenvalue weighted by atomic mass is 10.1. The summed E-state index contributed by atoms with van der Waals surface area (Å²) in [6.45, 7) is 1.74. The minimum absolute atomic E-state index is 0.294. The van der Waals surface area contributed by atoms with E-state index in [1.807, 2.05) is 0 Å². The van der Waals surface area contributed by atoms with Crippen LogP contribution < -0.4 is 0 Å². The second kappa shape index (κ2) is 3.85. The van der Waals surface area contributed by atoms with E-state index < -0.39 is 11.8 Å². The molecule has 0 saturated carbocycles. The molecule has 0 aliphatic rings. The van der Waals surface area contributed by atoms with Gasteiger partial charge in [-0.05, 0) is 13.0 Å². The number of carboxylic acid groups (broad SMARTS) is 1. The van der Waals surface area contributed by atoms with Crippen LogP contribution in [0, 0.1) is 5.82 Å². The van der Waals surface area contributed by atoms with Crippen LogP contribution in [-0.4, -0.2) is 11.1 Å². The maximum absolute atomic E-state index is 13.3. The zero-order valence-corrected chi connectivity index (χ0v) is 7.12. The summed E-state index contributed by atoms with van der Waals surface area (Å²) in [6.07, 6.45) is 3.19. The van der Waals surface area contributed by atoms with Gasteiger partial charge in [0.25, 0.3) is 0 Å². The van der Waals surface area contributed by atoms with Crippen LogP contribution in [0.15, 0.2) is 24.3 Å². The molecule has 1 rings (SSSR count). The number of hydrogen-bond acceptors (Lipinski definition) is 1. The van der Waals surface area contributed by atoms with E-state index in [0.29, 0.717) is 5.56 Å². The molecule has 0 aromatic heterocycles. The summed E-state index contributed by atoms with van der Waals surface area (Å²) in [4.78, 5) is 10.5. The van der Waals surface area contributed by atoms with Crippen molar-refractivity contribution in [1.29, 1.82) is 0 Å². The average Bonchev–Trinajstić information content (AvgIpc) is 2.08. The lowest BCUT2D eigenvalue weighted by molar-refractivity contribution is 0.0692. The maximum atomic E-state index is 13.3. The number of benzene rings is 1. The first-order valence-corrected chi connectivity index (χ1v) is 3.81. The molecule has 3 heteroatoms. The smallest absolute Gasteiger partial charge is 0.338 e. The molecule has 0 aliphatic carbocycles. The summed E-state index contributed by atoms with van der Waals surface area (Å²) >= 11 is 0. The van der Waals surface area contributed by atoms with Gasteiger partial charge in [-0.1, -0.05) is 24.3 Å². The predicted octanol–water partition coefficient (Wildman–Crippen LogP) is 2.56. The molecule has 0 amide bonds. The number of carboxylic acids is 1. The van der Waals surface area contributed by atoms with Crippen LogP contribution in [0.1, 0.15) is 22.8 Å². The number of carbonyl (C=O) groups is 1. The Labute approximate surface area is 75.3 Å². The summed E-state index contributed by atoms with van der Waals surface area (Å²) < 4.78 is 13.3. The molecule has 0 saturated heterocycles. The van der Waals surface area contributed by atoms with Crippen molar-refractivity contribution in [2.24, 2.45) is 0 Å². The summed E-state index contributed by atoms with van der Waals surface area (Å²) in [6, 6.07) is 4.29. The fraction of sp³-hybridized carbons (Fsp3) is 0.100. The van der Waals surface area contributed by atoms with Gasteiger partial charge in [0.2, 0.25) is 0 Å². The second-order valence-corrected chi connectivity index (χ2v) is 2.51. The van der Waals surface area contributed by atoms with E-state index in [0.717, 1.165) is 0 Å². The highest BCUT2D eigenvalue weighted by Gasteiger charge is 2.11. The highest BCUT2D eigenvalue weighted by molar-refractivity contribution is 5.88. The van der Waals surface area contributed by atoms with Gasteiger partial charge in [0, 0.05) is 5.56 Å². The number of allylic oxidation sites excluding steroid dienone is 1. The number of aromatic carboxylic acids is 1. The van der Waals surface area contributed by atoms with E-state index >= 15 is 0 Å². The largest absolute Gasteiger partial charge is 0.478 e. The Balaban J connectivity index is 3.26. The fourth-order valence-corrected chi connectivity index (χ4v) is 1.02. The van der Waals surface area contributed by atoms with E-state index in [-0.39, 0.29) is 5.56 Å². The summed E-state index contributed by atoms with van der Waals surface area (Å²) in [5.74, 6) is -1.93. The van der Waals surface area contributed by atoms with Crippen LogP contribution in [0.2, 0.25) is 0 Å². The van der Waals surface area contributed by atoms with Gasteiger partial charge in [-0.3, -0.25) is 0 Å². The van der Waals surface area contributed by atoms with Crippen LogP contribution in [0.4, 0.5) is 4.39 Å². The molecule has 1 aromatic rings. The summed E-state index contributed by atoms with van der Waals surface area (Å²) in [5.41, 5.74) is -0.00185. The fourth-order valence-electron chi connectivity index (χ4n) is 1.02. The van der Waals surface area contributed by atoms with E-state index in [4.69, 9.17) is 5.11 Å². The van der Waals surface area contributed by atoms with Crippen LogP contribution in [-0.2, 0) is 0 Å². The third-order valence-electron chi connectivity index (χ3n) is 1.61. The van der Waals surface area contributed by atoms with Crippen LogP contribution in [0.3, 0.4) is 0 Å². The minimum Gasteiger partial charge on any atom is -0.478 e. The molecule has 0 atom stereocenters. The van der Waals surface area contributed by atoms with Crippen LogP contribution in [0.25, 0.3) is 6.08 Å². The average molecular weight is 180 g/mol. The van der Waals surface area contributed by atoms with E-state index in [2.05, 4.69) is 0 Å². The highest BCUT2D eigenvalue weighted by Crippen LogP contribution is 2.14. The molecule has 0 aliphatic heterocycles. The standard InChI is InChI=1S/C10H9FO2/c1-2-4-7-5-3-6-8(9(7)11)10(12)13/h2-6H,1H3,(H,12,13)/b4-2-. The SMILES string of the molecule is C/C=C\c1cccc(C(=O)O)c1F. The third-order valence-corrected chi connectivity index (χ3v) is 1.61. The molecule has 13 heavy (non-hydrogen) atoms. The van der Waals surface area contributed by atoms with Crippen molar-refractivity contribution >= 4 is 12.0 Å². The van der Waals surface area contributed by atoms with Gasteiger partial charge in [0.15, 0.2) is 0 Å². The monoisotopic (exact) mass is 180 g/mol. The molecule has 1 N–H and O–H groups in total. The predicted molar refractivity (Wildman–Crippen MR) is 48.1 cm³/mol. The van der Waals surface area contributed by atoms with Gasteiger partial charge >= 0.3 is 5.97 Å². The highest BCUT2D eigenvalue weighted by atomic mass is 19.1. The maximum Gasteiger partial charge on any atom is 0.338 e. The zero-order valence-electron chi connectivity index (χ0n) is 7.12. The topological polar surface area (TPSA) is 37.3 Å². The first-order valence-electron chi connectivity index (χ1n) is 3.81. The van der Waals surface area contributed by atoms with E-state index in [9.17, 15) is 9.18 Å². The van der Waals surface area contributed by atoms with Crippen molar-refractivity contribution in [3.8, 4) is 0 Å². The van der Waals surface area contributed by atoms with E-state index in [1.54, 1.807) is 13.0 Å². The van der Waals surface area contributed by atoms with Crippen molar-refractivity contribution in [3.05, 3.63) is 41.2 Å². The first-order chi connectivity index (χ1) is 6.16.